The van der Waals surface area contributed by atoms with Gasteiger partial charge in [-0.2, -0.15) is 4.31 Å². The second kappa shape index (κ2) is 6.26. The lowest BCUT2D eigenvalue weighted by molar-refractivity contribution is 0.0754. The van der Waals surface area contributed by atoms with Crippen LogP contribution in [0.3, 0.4) is 0 Å². The van der Waals surface area contributed by atoms with E-state index in [4.69, 9.17) is 5.73 Å². The van der Waals surface area contributed by atoms with Crippen molar-refractivity contribution < 1.29 is 17.8 Å². The first-order chi connectivity index (χ1) is 11.0. The molecule has 23 heavy (non-hydrogen) atoms. The van der Waals surface area contributed by atoms with E-state index in [9.17, 15) is 13.2 Å². The number of nitrogen functional groups attached to an aromatic ring is 1. The van der Waals surface area contributed by atoms with Gasteiger partial charge >= 0.3 is 0 Å². The Morgan fingerprint density at radius 2 is 2.09 bits per heavy atom. The van der Waals surface area contributed by atoms with E-state index in [1.807, 2.05) is 0 Å². The van der Waals surface area contributed by atoms with Crippen molar-refractivity contribution >= 4 is 33.1 Å². The van der Waals surface area contributed by atoms with Crippen molar-refractivity contribution in [3.63, 3.8) is 0 Å². The van der Waals surface area contributed by atoms with Crippen molar-refractivity contribution in [1.82, 2.24) is 19.5 Å². The fourth-order valence-corrected chi connectivity index (χ4v) is 4.98. The molecule has 2 aromatic rings. The van der Waals surface area contributed by atoms with E-state index in [0.29, 0.717) is 23.7 Å². The zero-order valence-corrected chi connectivity index (χ0v) is 13.7. The van der Waals surface area contributed by atoms with E-state index >= 15 is 0 Å². The molecule has 1 amide bonds. The molecule has 0 unspecified atom stereocenters. The molecule has 0 atom stereocenters. The van der Waals surface area contributed by atoms with Gasteiger partial charge in [-0.25, -0.2) is 13.0 Å². The highest BCUT2D eigenvalue weighted by Crippen LogP contribution is 2.22. The summed E-state index contributed by atoms with van der Waals surface area (Å²) >= 11 is 1.18. The molecule has 2 aromatic heterocycles. The van der Waals surface area contributed by atoms with Crippen LogP contribution in [0.4, 0.5) is 5.82 Å². The van der Waals surface area contributed by atoms with E-state index in [1.54, 1.807) is 17.5 Å². The number of carbonyl (C=O) groups excluding carboxylic acids is 1. The number of aromatic nitrogens is 2. The molecular formula is C12H15N5O4S2. The lowest BCUT2D eigenvalue weighted by atomic mass is 10.3. The first-order valence-corrected chi connectivity index (χ1v) is 9.23. The predicted molar refractivity (Wildman–Crippen MR) is 82.3 cm³/mol. The number of nitrogens with zero attached hydrogens (tertiary/aromatic N) is 4. The van der Waals surface area contributed by atoms with Gasteiger partial charge in [-0.15, -0.1) is 11.3 Å². The second-order valence-electron chi connectivity index (χ2n) is 4.98. The van der Waals surface area contributed by atoms with Crippen molar-refractivity contribution in [3.8, 4) is 0 Å². The average Bonchev–Trinajstić information content (AvgIpc) is 3.13. The first kappa shape index (κ1) is 15.9. The topological polar surface area (TPSA) is 123 Å². The molecule has 0 spiro atoms. The highest BCUT2D eigenvalue weighted by molar-refractivity contribution is 7.91. The molecule has 11 heteroatoms. The fraction of sp³-hybridized carbons (Fsp3) is 0.417. The predicted octanol–water partition coefficient (Wildman–Crippen LogP) is 0.250. The number of thiophene rings is 1. The van der Waals surface area contributed by atoms with E-state index < -0.39 is 15.9 Å². The number of hydrogen-bond donors (Lipinski definition) is 1. The second-order valence-corrected chi connectivity index (χ2v) is 8.09. The summed E-state index contributed by atoms with van der Waals surface area (Å²) in [7, 11) is -3.51. The van der Waals surface area contributed by atoms with Gasteiger partial charge in [-0.05, 0) is 28.2 Å². The molecule has 124 valence electrons. The molecule has 0 saturated carbocycles. The Kier molecular flexibility index (Phi) is 4.33. The van der Waals surface area contributed by atoms with Crippen molar-refractivity contribution in [2.75, 3.05) is 31.9 Å². The van der Waals surface area contributed by atoms with Crippen LogP contribution in [-0.4, -0.2) is 60.0 Å². The van der Waals surface area contributed by atoms with Gasteiger partial charge in [0, 0.05) is 26.2 Å². The minimum absolute atomic E-state index is 0.0421. The number of nitrogens with two attached hydrogens (primary N) is 1. The van der Waals surface area contributed by atoms with E-state index in [1.165, 1.54) is 20.5 Å². The van der Waals surface area contributed by atoms with Gasteiger partial charge in [0.05, 0.1) is 0 Å². The minimum atomic E-state index is -3.51. The third kappa shape index (κ3) is 3.07. The standard InChI is InChI=1S/C12H15N5O4S2/c13-11-10(14-21-15-11)12(18)16-4-2-5-17(7-6-16)23(19,20)9-3-1-8-22-9/h1,3,8H,2,4-7H2,(H2,13,15). The molecule has 0 radical (unpaired) electrons. The number of hydrogen-bond acceptors (Lipinski definition) is 8. The van der Waals surface area contributed by atoms with Crippen LogP contribution in [0.1, 0.15) is 16.9 Å². The molecule has 3 rings (SSSR count). The van der Waals surface area contributed by atoms with Crippen LogP contribution in [0.25, 0.3) is 0 Å². The van der Waals surface area contributed by atoms with Gasteiger partial charge in [0.15, 0.2) is 0 Å². The summed E-state index contributed by atoms with van der Waals surface area (Å²) in [5.74, 6) is -0.471. The van der Waals surface area contributed by atoms with Crippen molar-refractivity contribution in [2.24, 2.45) is 0 Å². The SMILES string of the molecule is Nc1nonc1C(=O)N1CCCN(S(=O)(=O)c2cccs2)CC1. The Morgan fingerprint density at radius 1 is 1.26 bits per heavy atom. The van der Waals surface area contributed by atoms with Crippen LogP contribution in [-0.2, 0) is 10.0 Å². The van der Waals surface area contributed by atoms with Crippen LogP contribution >= 0.6 is 11.3 Å². The maximum atomic E-state index is 12.5. The zero-order valence-electron chi connectivity index (χ0n) is 12.1. The number of sulfonamides is 1. The fourth-order valence-electron chi connectivity index (χ4n) is 2.37. The Hall–Kier alpha value is -1.98. The number of rotatable bonds is 3. The smallest absolute Gasteiger partial charge is 0.280 e. The summed E-state index contributed by atoms with van der Waals surface area (Å²) in [5.41, 5.74) is 5.49. The maximum absolute atomic E-state index is 12.5. The molecule has 3 heterocycles. The Balaban J connectivity index is 1.73. The monoisotopic (exact) mass is 357 g/mol. The molecule has 0 aliphatic carbocycles. The molecule has 1 aliphatic rings. The third-order valence-corrected chi connectivity index (χ3v) is 6.82. The number of anilines is 1. The summed E-state index contributed by atoms with van der Waals surface area (Å²) < 4.78 is 31.2. The lowest BCUT2D eigenvalue weighted by Crippen LogP contribution is -2.37. The van der Waals surface area contributed by atoms with E-state index in [2.05, 4.69) is 14.9 Å². The maximum Gasteiger partial charge on any atom is 0.280 e. The molecule has 0 aromatic carbocycles. The van der Waals surface area contributed by atoms with Crippen LogP contribution in [0.2, 0.25) is 0 Å². The summed E-state index contributed by atoms with van der Waals surface area (Å²) in [6.07, 6.45) is 0.529. The summed E-state index contributed by atoms with van der Waals surface area (Å²) in [5, 5.41) is 8.60. The van der Waals surface area contributed by atoms with Crippen LogP contribution < -0.4 is 5.73 Å². The first-order valence-electron chi connectivity index (χ1n) is 6.91. The quantitative estimate of drug-likeness (QED) is 0.835. The summed E-state index contributed by atoms with van der Waals surface area (Å²) in [6, 6.07) is 3.28. The summed E-state index contributed by atoms with van der Waals surface area (Å²) in [6.45, 7) is 1.26. The van der Waals surface area contributed by atoms with Crippen molar-refractivity contribution in [2.45, 2.75) is 10.6 Å². The highest BCUT2D eigenvalue weighted by Gasteiger charge is 2.30. The Labute approximate surface area is 136 Å². The van der Waals surface area contributed by atoms with Crippen LogP contribution in [0, 0.1) is 0 Å². The minimum Gasteiger partial charge on any atom is -0.379 e. The number of amides is 1. The van der Waals surface area contributed by atoms with Gasteiger partial charge in [0.2, 0.25) is 11.5 Å². The van der Waals surface area contributed by atoms with Crippen LogP contribution in [0.15, 0.2) is 26.4 Å². The molecule has 9 nitrogen and oxygen atoms in total. The van der Waals surface area contributed by atoms with Gasteiger partial charge < -0.3 is 10.6 Å². The molecule has 0 bridgehead atoms. The molecule has 2 N–H and O–H groups in total. The van der Waals surface area contributed by atoms with Crippen molar-refractivity contribution in [1.29, 1.82) is 0 Å². The molecule has 1 saturated heterocycles. The van der Waals surface area contributed by atoms with Gasteiger partial charge in [-0.1, -0.05) is 6.07 Å². The van der Waals surface area contributed by atoms with Crippen molar-refractivity contribution in [3.05, 3.63) is 23.2 Å². The molecule has 1 aliphatic heterocycles. The molecular weight excluding hydrogens is 342 g/mol. The largest absolute Gasteiger partial charge is 0.379 e. The van der Waals surface area contributed by atoms with E-state index in [-0.39, 0.29) is 24.6 Å². The van der Waals surface area contributed by atoms with Gasteiger partial charge in [-0.3, -0.25) is 4.79 Å². The Bertz CT molecular complexity index is 786. The lowest BCUT2D eigenvalue weighted by Gasteiger charge is -2.20. The van der Waals surface area contributed by atoms with Gasteiger partial charge in [0.25, 0.3) is 15.9 Å². The van der Waals surface area contributed by atoms with Gasteiger partial charge in [0.1, 0.15) is 4.21 Å². The average molecular weight is 357 g/mol. The normalized spacial score (nSPS) is 17.1. The van der Waals surface area contributed by atoms with E-state index in [0.717, 1.165) is 0 Å². The zero-order chi connectivity index (χ0) is 16.4. The third-order valence-electron chi connectivity index (χ3n) is 3.55. The van der Waals surface area contributed by atoms with Crippen LogP contribution in [0.5, 0.6) is 0 Å². The Morgan fingerprint density at radius 3 is 2.74 bits per heavy atom. The molecule has 1 fully saturated rings. The number of carbonyl (C=O) groups is 1. The summed E-state index contributed by atoms with van der Waals surface area (Å²) in [4.78, 5) is 13.9. The highest BCUT2D eigenvalue weighted by atomic mass is 32.2.